The number of hydrogen-bond donors (Lipinski definition) is 1. The molecule has 0 amide bonds. The smallest absolute Gasteiger partial charge is 0.267 e. The molecule has 5 heteroatoms. The molecule has 0 aliphatic carbocycles. The minimum atomic E-state index is -0.0955. The van der Waals surface area contributed by atoms with E-state index in [0.29, 0.717) is 6.54 Å². The van der Waals surface area contributed by atoms with Gasteiger partial charge in [-0.1, -0.05) is 17.7 Å². The largest absolute Gasteiger partial charge is 0.496 e. The molecule has 21 heavy (non-hydrogen) atoms. The fourth-order valence-corrected chi connectivity index (χ4v) is 2.31. The third-order valence-electron chi connectivity index (χ3n) is 3.47. The first-order chi connectivity index (χ1) is 10.0. The third-order valence-corrected chi connectivity index (χ3v) is 3.47. The van der Waals surface area contributed by atoms with Gasteiger partial charge in [0.15, 0.2) is 0 Å². The van der Waals surface area contributed by atoms with Gasteiger partial charge in [-0.05, 0) is 32.5 Å². The van der Waals surface area contributed by atoms with E-state index in [0.717, 1.165) is 22.4 Å². The summed E-state index contributed by atoms with van der Waals surface area (Å²) in [6.45, 7) is 4.35. The lowest BCUT2D eigenvalue weighted by Crippen LogP contribution is -2.30. The zero-order valence-electron chi connectivity index (χ0n) is 12.9. The molecule has 0 spiro atoms. The Morgan fingerprint density at radius 2 is 2.05 bits per heavy atom. The summed E-state index contributed by atoms with van der Waals surface area (Å²) in [7, 11) is 3.52. The number of aryl methyl sites for hydroxylation is 2. The van der Waals surface area contributed by atoms with Crippen molar-refractivity contribution in [2.75, 3.05) is 14.2 Å². The van der Waals surface area contributed by atoms with Crippen LogP contribution in [0.25, 0.3) is 0 Å². The first kappa shape index (κ1) is 15.3. The molecule has 1 unspecified atom stereocenters. The summed E-state index contributed by atoms with van der Waals surface area (Å²) in [6.07, 6.45) is 1.70. The fraction of sp³-hybridized carbons (Fsp3) is 0.375. The molecule has 1 N–H and O–H groups in total. The van der Waals surface area contributed by atoms with Crippen LogP contribution in [0.4, 0.5) is 0 Å². The van der Waals surface area contributed by atoms with Crippen LogP contribution < -0.4 is 15.6 Å². The van der Waals surface area contributed by atoms with Crippen molar-refractivity contribution in [2.45, 2.75) is 26.4 Å². The molecule has 2 aromatic rings. The first-order valence-corrected chi connectivity index (χ1v) is 6.90. The van der Waals surface area contributed by atoms with Gasteiger partial charge >= 0.3 is 0 Å². The van der Waals surface area contributed by atoms with Gasteiger partial charge in [-0.25, -0.2) is 4.68 Å². The van der Waals surface area contributed by atoms with Gasteiger partial charge in [0, 0.05) is 11.6 Å². The molecule has 5 nitrogen and oxygen atoms in total. The van der Waals surface area contributed by atoms with Crippen molar-refractivity contribution in [3.63, 3.8) is 0 Å². The Morgan fingerprint density at radius 3 is 2.67 bits per heavy atom. The molecule has 1 aromatic heterocycles. The van der Waals surface area contributed by atoms with Crippen LogP contribution >= 0.6 is 0 Å². The lowest BCUT2D eigenvalue weighted by atomic mass is 10.0. The zero-order valence-corrected chi connectivity index (χ0v) is 12.9. The second kappa shape index (κ2) is 6.54. The molecule has 0 fully saturated rings. The van der Waals surface area contributed by atoms with Crippen molar-refractivity contribution in [1.82, 2.24) is 15.1 Å². The van der Waals surface area contributed by atoms with Gasteiger partial charge in [-0.2, -0.15) is 5.10 Å². The normalized spacial score (nSPS) is 12.2. The summed E-state index contributed by atoms with van der Waals surface area (Å²) in [5.74, 6) is 0.806. The number of likely N-dealkylation sites (N-methyl/N-ethyl adjacent to an activating group) is 1. The van der Waals surface area contributed by atoms with Crippen molar-refractivity contribution < 1.29 is 4.74 Å². The number of hydrogen-bond acceptors (Lipinski definition) is 4. The highest BCUT2D eigenvalue weighted by atomic mass is 16.5. The van der Waals surface area contributed by atoms with Crippen molar-refractivity contribution >= 4 is 0 Å². The van der Waals surface area contributed by atoms with Gasteiger partial charge in [0.05, 0.1) is 25.9 Å². The molecule has 0 saturated carbocycles. The molecular weight excluding hydrogens is 266 g/mol. The standard InChI is InChI=1S/C16H21N3O2/c1-11-5-6-15(21-4)13(7-11)14(17-3)10-19-16(20)8-12(2)9-18-19/h5-9,14,17H,10H2,1-4H3. The predicted molar refractivity (Wildman–Crippen MR) is 82.8 cm³/mol. The van der Waals surface area contributed by atoms with E-state index in [9.17, 15) is 4.79 Å². The van der Waals surface area contributed by atoms with E-state index in [4.69, 9.17) is 4.74 Å². The minimum Gasteiger partial charge on any atom is -0.496 e. The highest BCUT2D eigenvalue weighted by molar-refractivity contribution is 5.39. The summed E-state index contributed by atoms with van der Waals surface area (Å²) in [5, 5.41) is 7.42. The Labute approximate surface area is 124 Å². The maximum Gasteiger partial charge on any atom is 0.267 e. The van der Waals surface area contributed by atoms with Crippen molar-refractivity contribution in [3.8, 4) is 5.75 Å². The topological polar surface area (TPSA) is 56.2 Å². The number of methoxy groups -OCH3 is 1. The van der Waals surface area contributed by atoms with E-state index in [2.05, 4.69) is 16.5 Å². The van der Waals surface area contributed by atoms with Crippen LogP contribution in [-0.4, -0.2) is 23.9 Å². The fourth-order valence-electron chi connectivity index (χ4n) is 2.31. The molecule has 0 aliphatic rings. The number of nitrogens with one attached hydrogen (secondary N) is 1. The van der Waals surface area contributed by atoms with Gasteiger partial charge < -0.3 is 10.1 Å². The minimum absolute atomic E-state index is 0.0484. The molecule has 1 heterocycles. The predicted octanol–water partition coefficient (Wildman–Crippen LogP) is 1.83. The van der Waals surface area contributed by atoms with E-state index in [-0.39, 0.29) is 11.6 Å². The quantitative estimate of drug-likeness (QED) is 0.911. The highest BCUT2D eigenvalue weighted by Crippen LogP contribution is 2.26. The van der Waals surface area contributed by atoms with E-state index in [1.165, 1.54) is 4.68 Å². The second-order valence-electron chi connectivity index (χ2n) is 5.14. The summed E-state index contributed by atoms with van der Waals surface area (Å²) in [5.41, 5.74) is 2.94. The Morgan fingerprint density at radius 1 is 1.29 bits per heavy atom. The van der Waals surface area contributed by atoms with Gasteiger partial charge in [0.1, 0.15) is 5.75 Å². The van der Waals surface area contributed by atoms with Gasteiger partial charge in [0.25, 0.3) is 5.56 Å². The average molecular weight is 287 g/mol. The molecule has 1 aromatic carbocycles. The van der Waals surface area contributed by atoms with Gasteiger partial charge in [-0.15, -0.1) is 0 Å². The number of benzene rings is 1. The Balaban J connectivity index is 2.36. The van der Waals surface area contributed by atoms with Crippen LogP contribution in [0.15, 0.2) is 35.3 Å². The van der Waals surface area contributed by atoms with Crippen LogP contribution in [0.2, 0.25) is 0 Å². The van der Waals surface area contributed by atoms with Crippen molar-refractivity contribution in [2.24, 2.45) is 0 Å². The maximum atomic E-state index is 12.0. The summed E-state index contributed by atoms with van der Waals surface area (Å²) < 4.78 is 6.89. The van der Waals surface area contributed by atoms with Crippen LogP contribution in [0.5, 0.6) is 5.75 Å². The lowest BCUT2D eigenvalue weighted by Gasteiger charge is -2.20. The average Bonchev–Trinajstić information content (AvgIpc) is 2.46. The molecular formula is C16H21N3O2. The summed E-state index contributed by atoms with van der Waals surface area (Å²) in [6, 6.07) is 7.56. The molecule has 0 bridgehead atoms. The Hall–Kier alpha value is -2.14. The summed E-state index contributed by atoms with van der Waals surface area (Å²) >= 11 is 0. The number of ether oxygens (including phenoxy) is 1. The Kier molecular flexibility index (Phi) is 4.75. The molecule has 1 atom stereocenters. The van der Waals surface area contributed by atoms with Crippen LogP contribution in [0.1, 0.15) is 22.7 Å². The number of rotatable bonds is 5. The van der Waals surface area contributed by atoms with Gasteiger partial charge in [0.2, 0.25) is 0 Å². The monoisotopic (exact) mass is 287 g/mol. The van der Waals surface area contributed by atoms with Crippen molar-refractivity contribution in [1.29, 1.82) is 0 Å². The van der Waals surface area contributed by atoms with Crippen molar-refractivity contribution in [3.05, 3.63) is 57.5 Å². The molecule has 0 aliphatic heterocycles. The molecule has 2 rings (SSSR count). The maximum absolute atomic E-state index is 12.0. The SMILES string of the molecule is CNC(Cn1ncc(C)cc1=O)c1cc(C)ccc1OC. The third kappa shape index (κ3) is 3.49. The first-order valence-electron chi connectivity index (χ1n) is 6.90. The zero-order chi connectivity index (χ0) is 15.4. The van der Waals surface area contributed by atoms with E-state index in [1.807, 2.05) is 33.0 Å². The second-order valence-corrected chi connectivity index (χ2v) is 5.14. The van der Waals surface area contributed by atoms with Gasteiger partial charge in [-0.3, -0.25) is 4.79 Å². The molecule has 0 saturated heterocycles. The lowest BCUT2D eigenvalue weighted by molar-refractivity contribution is 0.387. The van der Waals surface area contributed by atoms with Crippen LogP contribution in [0.3, 0.4) is 0 Å². The number of aromatic nitrogens is 2. The van der Waals surface area contributed by atoms with E-state index in [1.54, 1.807) is 19.4 Å². The van der Waals surface area contributed by atoms with E-state index < -0.39 is 0 Å². The Bertz CT molecular complexity index is 679. The molecule has 112 valence electrons. The van der Waals surface area contributed by atoms with E-state index >= 15 is 0 Å². The van der Waals surface area contributed by atoms with Crippen LogP contribution in [-0.2, 0) is 6.54 Å². The van der Waals surface area contributed by atoms with Crippen LogP contribution in [0, 0.1) is 13.8 Å². The summed E-state index contributed by atoms with van der Waals surface area (Å²) in [4.78, 5) is 12.0. The molecule has 0 radical (unpaired) electrons. The highest BCUT2D eigenvalue weighted by Gasteiger charge is 2.16. The number of nitrogens with zero attached hydrogens (tertiary/aromatic N) is 2.